The number of amides is 2. The van der Waals surface area contributed by atoms with Crippen molar-refractivity contribution in [1.29, 1.82) is 0 Å². The number of ether oxygens (including phenoxy) is 2. The Balaban J connectivity index is 1.55. The molecular weight excluding hydrogens is 348 g/mol. The molecule has 1 heterocycles. The van der Waals surface area contributed by atoms with Crippen molar-refractivity contribution in [3.8, 4) is 11.5 Å². The lowest BCUT2D eigenvalue weighted by atomic mass is 10.1. The van der Waals surface area contributed by atoms with E-state index in [1.165, 1.54) is 14.2 Å². The molecule has 8 nitrogen and oxygen atoms in total. The molecule has 0 aliphatic heterocycles. The minimum Gasteiger partial charge on any atom is -0.496 e. The second-order valence-electron chi connectivity index (χ2n) is 5.68. The van der Waals surface area contributed by atoms with E-state index in [-0.39, 0.29) is 24.9 Å². The van der Waals surface area contributed by atoms with Crippen LogP contribution in [0.25, 0.3) is 11.0 Å². The lowest BCUT2D eigenvalue weighted by Crippen LogP contribution is -2.35. The molecule has 0 saturated heterocycles. The Labute approximate surface area is 155 Å². The van der Waals surface area contributed by atoms with Crippen LogP contribution in [0.4, 0.5) is 0 Å². The van der Waals surface area contributed by atoms with Crippen molar-refractivity contribution >= 4 is 22.8 Å². The Morgan fingerprint density at radius 1 is 1.00 bits per heavy atom. The lowest BCUT2D eigenvalue weighted by Gasteiger charge is -2.13. The minimum atomic E-state index is -0.336. The van der Waals surface area contributed by atoms with E-state index >= 15 is 0 Å². The van der Waals surface area contributed by atoms with Crippen LogP contribution < -0.4 is 20.1 Å². The van der Waals surface area contributed by atoms with Crippen molar-refractivity contribution < 1.29 is 19.1 Å². The molecule has 0 unspecified atom stereocenters. The average molecular weight is 368 g/mol. The number of methoxy groups -OCH3 is 2. The van der Waals surface area contributed by atoms with Crippen LogP contribution in [0.5, 0.6) is 11.5 Å². The summed E-state index contributed by atoms with van der Waals surface area (Å²) >= 11 is 0. The normalized spacial score (nSPS) is 10.4. The number of carbonyl (C=O) groups is 2. The van der Waals surface area contributed by atoms with Crippen molar-refractivity contribution in [1.82, 2.24) is 20.6 Å². The van der Waals surface area contributed by atoms with Crippen LogP contribution >= 0.6 is 0 Å². The number of H-pyrrole nitrogens is 1. The zero-order valence-electron chi connectivity index (χ0n) is 15.0. The first-order valence-corrected chi connectivity index (χ1v) is 8.34. The number of hydrogen-bond acceptors (Lipinski definition) is 5. The van der Waals surface area contributed by atoms with Crippen LogP contribution in [0, 0.1) is 0 Å². The molecule has 3 aromatic rings. The van der Waals surface area contributed by atoms with Crippen LogP contribution in [-0.4, -0.2) is 49.1 Å². The third kappa shape index (κ3) is 4.00. The first-order valence-electron chi connectivity index (χ1n) is 8.34. The van der Waals surface area contributed by atoms with Gasteiger partial charge in [-0.05, 0) is 30.3 Å². The molecule has 0 atom stereocenters. The molecule has 2 amide bonds. The van der Waals surface area contributed by atoms with Crippen LogP contribution in [0.3, 0.4) is 0 Å². The van der Waals surface area contributed by atoms with Gasteiger partial charge in [0.05, 0.1) is 31.6 Å². The molecule has 0 fully saturated rings. The molecule has 0 bridgehead atoms. The molecule has 0 aliphatic rings. The predicted molar refractivity (Wildman–Crippen MR) is 100 cm³/mol. The highest BCUT2D eigenvalue weighted by atomic mass is 16.5. The fraction of sp³-hybridized carbons (Fsp3) is 0.211. The highest BCUT2D eigenvalue weighted by Crippen LogP contribution is 2.27. The maximum Gasteiger partial charge on any atom is 0.258 e. The Hall–Kier alpha value is -3.55. The second-order valence-corrected chi connectivity index (χ2v) is 5.68. The summed E-state index contributed by atoms with van der Waals surface area (Å²) in [5, 5.41) is 5.52. The van der Waals surface area contributed by atoms with E-state index in [0.29, 0.717) is 22.6 Å². The van der Waals surface area contributed by atoms with Crippen molar-refractivity contribution in [2.45, 2.75) is 0 Å². The standard InChI is InChI=1S/C19H20N4O4/c1-26-15-4-3-5-16(27-2)17(15)19(25)21-9-8-20-18(24)12-6-7-13-14(10-12)23-11-22-13/h3-7,10-11H,8-9H2,1-2H3,(H,20,24)(H,21,25)(H,22,23). The number of benzene rings is 2. The van der Waals surface area contributed by atoms with E-state index in [0.717, 1.165) is 11.0 Å². The van der Waals surface area contributed by atoms with E-state index in [4.69, 9.17) is 9.47 Å². The van der Waals surface area contributed by atoms with Gasteiger partial charge < -0.3 is 25.1 Å². The minimum absolute atomic E-state index is 0.226. The van der Waals surface area contributed by atoms with Gasteiger partial charge in [0.25, 0.3) is 11.8 Å². The van der Waals surface area contributed by atoms with Gasteiger partial charge >= 0.3 is 0 Å². The number of hydrogen-bond donors (Lipinski definition) is 3. The first-order chi connectivity index (χ1) is 13.1. The lowest BCUT2D eigenvalue weighted by molar-refractivity contribution is 0.0924. The SMILES string of the molecule is COc1cccc(OC)c1C(=O)NCCNC(=O)c1ccc2nc[nH]c2c1. The number of aromatic amines is 1. The van der Waals surface area contributed by atoms with Crippen molar-refractivity contribution in [3.05, 3.63) is 53.9 Å². The Kier molecular flexibility index (Phi) is 5.55. The molecular formula is C19H20N4O4. The summed E-state index contributed by atoms with van der Waals surface area (Å²) in [4.78, 5) is 31.7. The largest absolute Gasteiger partial charge is 0.496 e. The van der Waals surface area contributed by atoms with E-state index in [1.807, 2.05) is 0 Å². The quantitative estimate of drug-likeness (QED) is 0.551. The zero-order valence-corrected chi connectivity index (χ0v) is 15.0. The average Bonchev–Trinajstić information content (AvgIpc) is 3.17. The highest BCUT2D eigenvalue weighted by Gasteiger charge is 2.17. The van der Waals surface area contributed by atoms with Crippen molar-refractivity contribution in [2.24, 2.45) is 0 Å². The van der Waals surface area contributed by atoms with E-state index in [1.54, 1.807) is 42.7 Å². The third-order valence-electron chi connectivity index (χ3n) is 4.03. The first kappa shape index (κ1) is 18.2. The molecule has 140 valence electrons. The number of carbonyl (C=O) groups excluding carboxylic acids is 2. The maximum absolute atomic E-state index is 12.4. The summed E-state index contributed by atoms with van der Waals surface area (Å²) in [5.74, 6) is 0.278. The van der Waals surface area contributed by atoms with Gasteiger partial charge in [0.15, 0.2) is 0 Å². The number of rotatable bonds is 7. The molecule has 0 saturated carbocycles. The topological polar surface area (TPSA) is 105 Å². The molecule has 0 aliphatic carbocycles. The van der Waals surface area contributed by atoms with Gasteiger partial charge in [-0.1, -0.05) is 6.07 Å². The summed E-state index contributed by atoms with van der Waals surface area (Å²) in [6.07, 6.45) is 1.58. The van der Waals surface area contributed by atoms with Crippen molar-refractivity contribution in [2.75, 3.05) is 27.3 Å². The Morgan fingerprint density at radius 2 is 1.67 bits per heavy atom. The van der Waals surface area contributed by atoms with Crippen LogP contribution in [0.1, 0.15) is 20.7 Å². The molecule has 0 spiro atoms. The summed E-state index contributed by atoms with van der Waals surface area (Å²) < 4.78 is 10.4. The molecule has 8 heteroatoms. The Morgan fingerprint density at radius 3 is 2.33 bits per heavy atom. The fourth-order valence-electron chi connectivity index (χ4n) is 2.69. The fourth-order valence-corrected chi connectivity index (χ4v) is 2.69. The molecule has 27 heavy (non-hydrogen) atoms. The Bertz CT molecular complexity index is 945. The zero-order chi connectivity index (χ0) is 19.2. The van der Waals surface area contributed by atoms with Gasteiger partial charge in [0.2, 0.25) is 0 Å². The van der Waals surface area contributed by atoms with Gasteiger partial charge in [-0.2, -0.15) is 0 Å². The second kappa shape index (κ2) is 8.22. The number of imidazole rings is 1. The number of nitrogens with zero attached hydrogens (tertiary/aromatic N) is 1. The van der Waals surface area contributed by atoms with Gasteiger partial charge in [0, 0.05) is 18.7 Å². The number of aromatic nitrogens is 2. The summed E-state index contributed by atoms with van der Waals surface area (Å²) in [6.45, 7) is 0.543. The van der Waals surface area contributed by atoms with Gasteiger partial charge in [0.1, 0.15) is 17.1 Å². The van der Waals surface area contributed by atoms with E-state index in [9.17, 15) is 9.59 Å². The van der Waals surface area contributed by atoms with Crippen LogP contribution in [-0.2, 0) is 0 Å². The third-order valence-corrected chi connectivity index (χ3v) is 4.03. The predicted octanol–water partition coefficient (Wildman–Crippen LogP) is 1.74. The highest BCUT2D eigenvalue weighted by molar-refractivity contribution is 6.00. The molecule has 0 radical (unpaired) electrons. The molecule has 3 N–H and O–H groups in total. The van der Waals surface area contributed by atoms with E-state index in [2.05, 4.69) is 20.6 Å². The van der Waals surface area contributed by atoms with Gasteiger partial charge in [-0.15, -0.1) is 0 Å². The summed E-state index contributed by atoms with van der Waals surface area (Å²) in [5.41, 5.74) is 2.42. The number of nitrogens with one attached hydrogen (secondary N) is 3. The van der Waals surface area contributed by atoms with Crippen LogP contribution in [0.2, 0.25) is 0 Å². The monoisotopic (exact) mass is 368 g/mol. The van der Waals surface area contributed by atoms with Crippen molar-refractivity contribution in [3.63, 3.8) is 0 Å². The van der Waals surface area contributed by atoms with Gasteiger partial charge in [-0.25, -0.2) is 4.98 Å². The van der Waals surface area contributed by atoms with Crippen LogP contribution in [0.15, 0.2) is 42.7 Å². The number of fused-ring (bicyclic) bond motifs is 1. The smallest absolute Gasteiger partial charge is 0.258 e. The molecule has 3 rings (SSSR count). The maximum atomic E-state index is 12.4. The molecule has 2 aromatic carbocycles. The van der Waals surface area contributed by atoms with E-state index < -0.39 is 0 Å². The van der Waals surface area contributed by atoms with Gasteiger partial charge in [-0.3, -0.25) is 9.59 Å². The molecule has 1 aromatic heterocycles. The summed E-state index contributed by atoms with van der Waals surface area (Å²) in [6, 6.07) is 10.3. The summed E-state index contributed by atoms with van der Waals surface area (Å²) in [7, 11) is 2.98.